The SMILES string of the molecule is COc1ccc(C2CCCCC2)c2c1cc1n2CC2=C(C(=O)NS(=O)(=O)C3(Cc4ccccc4)CC3)C2=C2C=CC[C@@H](C(=O)N3C4CCC3CN(C)C4)C21. The van der Waals surface area contributed by atoms with Crippen LogP contribution in [0.1, 0.15) is 92.9 Å². The van der Waals surface area contributed by atoms with Crippen LogP contribution < -0.4 is 9.46 Å². The number of sulfonamides is 1. The van der Waals surface area contributed by atoms with Gasteiger partial charge in [-0.2, -0.15) is 0 Å². The van der Waals surface area contributed by atoms with Gasteiger partial charge in [0.05, 0.1) is 28.9 Å². The first-order valence-electron chi connectivity index (χ1n) is 20.1. The van der Waals surface area contributed by atoms with E-state index in [1.807, 2.05) is 30.3 Å². The van der Waals surface area contributed by atoms with Crippen molar-refractivity contribution in [1.82, 2.24) is 19.1 Å². The van der Waals surface area contributed by atoms with Crippen LogP contribution in [0.4, 0.5) is 0 Å². The Bertz CT molecular complexity index is 2260. The van der Waals surface area contributed by atoms with Gasteiger partial charge in [0.25, 0.3) is 5.91 Å². The summed E-state index contributed by atoms with van der Waals surface area (Å²) in [4.78, 5) is 33.9. The fourth-order valence-electron chi connectivity index (χ4n) is 11.1. The van der Waals surface area contributed by atoms with Crippen LogP contribution in [0, 0.1) is 5.92 Å². The normalized spacial score (nSPS) is 27.3. The minimum atomic E-state index is -3.96. The number of rotatable bonds is 8. The second-order valence-corrected chi connectivity index (χ2v) is 19.2. The van der Waals surface area contributed by atoms with Gasteiger partial charge in [-0.15, -0.1) is 0 Å². The molecule has 4 aliphatic carbocycles. The number of carbonyl (C=O) groups excluding carboxylic acids is 2. The van der Waals surface area contributed by atoms with Crippen molar-refractivity contribution < 1.29 is 22.7 Å². The number of allylic oxidation sites excluding steroid dienone is 4. The largest absolute Gasteiger partial charge is 0.496 e. The molecule has 7 aliphatic rings. The lowest BCUT2D eigenvalue weighted by Crippen LogP contribution is -2.56. The van der Waals surface area contributed by atoms with E-state index < -0.39 is 20.7 Å². The molecule has 3 aliphatic heterocycles. The van der Waals surface area contributed by atoms with Crippen molar-refractivity contribution in [2.75, 3.05) is 27.2 Å². The van der Waals surface area contributed by atoms with E-state index in [1.165, 1.54) is 24.8 Å². The van der Waals surface area contributed by atoms with Gasteiger partial charge in [-0.05, 0) is 104 Å². The van der Waals surface area contributed by atoms with Crippen molar-refractivity contribution in [3.8, 4) is 5.75 Å². The molecule has 4 atom stereocenters. The molecule has 2 saturated carbocycles. The summed E-state index contributed by atoms with van der Waals surface area (Å²) in [6.07, 6.45) is 14.3. The highest BCUT2D eigenvalue weighted by atomic mass is 32.2. The molecule has 4 heterocycles. The molecule has 2 bridgehead atoms. The predicted molar refractivity (Wildman–Crippen MR) is 209 cm³/mol. The van der Waals surface area contributed by atoms with Crippen LogP contribution in [0.15, 0.2) is 83.0 Å². The van der Waals surface area contributed by atoms with Crippen LogP contribution >= 0.6 is 0 Å². The lowest BCUT2D eigenvalue weighted by molar-refractivity contribution is -0.141. The maximum atomic E-state index is 15.0. The number of likely N-dealkylation sites (tertiary alicyclic amines) is 1. The Balaban J connectivity index is 1.08. The molecule has 3 aromatic rings. The van der Waals surface area contributed by atoms with Crippen molar-refractivity contribution in [3.63, 3.8) is 0 Å². The maximum absolute atomic E-state index is 15.0. The highest BCUT2D eigenvalue weighted by Crippen LogP contribution is 2.56. The summed E-state index contributed by atoms with van der Waals surface area (Å²) in [6, 6.07) is 16.7. The number of nitrogens with zero attached hydrogens (tertiary/aromatic N) is 3. The summed E-state index contributed by atoms with van der Waals surface area (Å²) < 4.78 is 37.9. The van der Waals surface area contributed by atoms with Crippen LogP contribution in [-0.4, -0.2) is 78.7 Å². The summed E-state index contributed by atoms with van der Waals surface area (Å²) in [7, 11) is -0.0863. The molecule has 54 heavy (non-hydrogen) atoms. The number of nitrogens with one attached hydrogen (secondary N) is 1. The van der Waals surface area contributed by atoms with E-state index in [2.05, 4.69) is 56.5 Å². The average molecular weight is 747 g/mol. The van der Waals surface area contributed by atoms with Crippen molar-refractivity contribution in [1.29, 1.82) is 0 Å². The van der Waals surface area contributed by atoms with E-state index >= 15 is 0 Å². The standard InChI is InChI=1S/C44H50N4O5S/c1-46-24-29-16-17-30(25-46)48(29)43(50)33-15-9-14-32-38(33)36-22-34-37(53-2)19-18-31(28-12-7-4-8-13-28)41(34)47(36)26-35-39(32)40(35)42(49)45-54(51,52)44(20-21-44)23-27-10-5-3-6-11-27/h3,5-6,9-11,14,18-19,22,28-30,33,38H,4,7-8,12-13,15-17,20-21,23-26H2,1-2H3,(H,45,49)/t29?,30?,33-,38?/m1/s1. The number of ether oxygens (including phenoxy) is 1. The third-order valence-electron chi connectivity index (χ3n) is 13.9. The van der Waals surface area contributed by atoms with Gasteiger partial charge < -0.3 is 19.1 Å². The fourth-order valence-corrected chi connectivity index (χ4v) is 12.7. The van der Waals surface area contributed by atoms with E-state index in [-0.39, 0.29) is 29.8 Å². The molecule has 10 heteroatoms. The summed E-state index contributed by atoms with van der Waals surface area (Å²) in [5, 5.41) is 1.05. The van der Waals surface area contributed by atoms with Gasteiger partial charge in [0.1, 0.15) is 5.75 Å². The number of methoxy groups -OCH3 is 1. The molecule has 1 aromatic heterocycles. The molecule has 2 saturated heterocycles. The molecule has 9 nitrogen and oxygen atoms in total. The fraction of sp³-hybridized carbons (Fsp3) is 0.500. The van der Waals surface area contributed by atoms with Gasteiger partial charge >= 0.3 is 0 Å². The van der Waals surface area contributed by atoms with Crippen molar-refractivity contribution in [3.05, 3.63) is 99.8 Å². The Labute approximate surface area is 318 Å². The molecule has 0 radical (unpaired) electrons. The predicted octanol–water partition coefficient (Wildman–Crippen LogP) is 6.50. The van der Waals surface area contributed by atoms with Crippen LogP contribution in [0.5, 0.6) is 5.75 Å². The van der Waals surface area contributed by atoms with E-state index in [0.29, 0.717) is 43.7 Å². The molecule has 0 spiro atoms. The highest BCUT2D eigenvalue weighted by Gasteiger charge is 2.56. The van der Waals surface area contributed by atoms with Gasteiger partial charge in [0, 0.05) is 48.7 Å². The zero-order valence-corrected chi connectivity index (χ0v) is 32.2. The van der Waals surface area contributed by atoms with Gasteiger partial charge in [0.2, 0.25) is 15.9 Å². The van der Waals surface area contributed by atoms with Crippen LogP contribution in [0.25, 0.3) is 10.9 Å². The lowest BCUT2D eigenvalue weighted by Gasteiger charge is -2.43. The monoisotopic (exact) mass is 746 g/mol. The second kappa shape index (κ2) is 12.7. The van der Waals surface area contributed by atoms with Crippen LogP contribution in [0.3, 0.4) is 0 Å². The molecule has 2 aromatic carbocycles. The topological polar surface area (TPSA) is 101 Å². The first kappa shape index (κ1) is 34.3. The van der Waals surface area contributed by atoms with Crippen molar-refractivity contribution >= 4 is 32.7 Å². The minimum Gasteiger partial charge on any atom is -0.496 e. The van der Waals surface area contributed by atoms with Crippen molar-refractivity contribution in [2.24, 2.45) is 5.92 Å². The Morgan fingerprint density at radius 3 is 2.41 bits per heavy atom. The quantitative estimate of drug-likeness (QED) is 0.283. The lowest BCUT2D eigenvalue weighted by atomic mass is 9.75. The highest BCUT2D eigenvalue weighted by molar-refractivity contribution is 7.91. The Kier molecular flexibility index (Phi) is 8.08. The number of amides is 2. The second-order valence-electron chi connectivity index (χ2n) is 17.1. The zero-order chi connectivity index (χ0) is 36.9. The number of hydrogen-bond donors (Lipinski definition) is 1. The Morgan fingerprint density at radius 1 is 0.963 bits per heavy atom. The number of aromatic nitrogens is 1. The zero-order valence-electron chi connectivity index (χ0n) is 31.4. The average Bonchev–Trinajstić information content (AvgIpc) is 4.06. The maximum Gasteiger partial charge on any atom is 0.265 e. The summed E-state index contributed by atoms with van der Waals surface area (Å²) in [5.41, 5.74) is 7.63. The van der Waals surface area contributed by atoms with Crippen molar-refractivity contribution in [2.45, 2.75) is 106 Å². The molecular weight excluding hydrogens is 697 g/mol. The van der Waals surface area contributed by atoms with Gasteiger partial charge in [-0.25, -0.2) is 13.1 Å². The van der Waals surface area contributed by atoms with Crippen LogP contribution in [-0.2, 0) is 32.6 Å². The van der Waals surface area contributed by atoms with E-state index in [0.717, 1.165) is 83.4 Å². The number of fused-ring (bicyclic) bond motifs is 8. The summed E-state index contributed by atoms with van der Waals surface area (Å²) in [6.45, 7) is 2.23. The number of carbonyl (C=O) groups is 2. The number of benzene rings is 2. The first-order chi connectivity index (χ1) is 26.2. The molecule has 10 rings (SSSR count). The van der Waals surface area contributed by atoms with E-state index in [9.17, 15) is 18.0 Å². The minimum absolute atomic E-state index is 0.202. The number of likely N-dealkylation sites (N-methyl/N-ethyl adjacent to an activating group) is 1. The van der Waals surface area contributed by atoms with E-state index in [4.69, 9.17) is 4.74 Å². The Hall–Kier alpha value is -4.15. The third-order valence-corrected chi connectivity index (χ3v) is 16.1. The molecule has 2 amide bonds. The van der Waals surface area contributed by atoms with E-state index in [1.54, 1.807) is 7.11 Å². The van der Waals surface area contributed by atoms with Gasteiger partial charge in [-0.1, -0.05) is 67.8 Å². The number of hydrogen-bond acceptors (Lipinski definition) is 6. The summed E-state index contributed by atoms with van der Waals surface area (Å²) in [5.74, 6) is 0.281. The third kappa shape index (κ3) is 5.37. The summed E-state index contributed by atoms with van der Waals surface area (Å²) >= 11 is 0. The van der Waals surface area contributed by atoms with Gasteiger partial charge in [0.15, 0.2) is 0 Å². The smallest absolute Gasteiger partial charge is 0.265 e. The van der Waals surface area contributed by atoms with Gasteiger partial charge in [-0.3, -0.25) is 9.59 Å². The molecule has 1 N–H and O–H groups in total. The number of piperazine rings is 1. The molecule has 4 fully saturated rings. The Morgan fingerprint density at radius 2 is 1.70 bits per heavy atom. The molecule has 3 unspecified atom stereocenters. The molecule has 282 valence electrons. The molecular formula is C44H50N4O5S. The first-order valence-corrected chi connectivity index (χ1v) is 21.6. The van der Waals surface area contributed by atoms with Crippen LogP contribution in [0.2, 0.25) is 0 Å².